The maximum atomic E-state index is 12.9. The molecule has 4 amide bonds. The molecule has 0 bridgehead atoms. The summed E-state index contributed by atoms with van der Waals surface area (Å²) in [5.41, 5.74) is -0.693. The van der Waals surface area contributed by atoms with E-state index >= 15 is 0 Å². The van der Waals surface area contributed by atoms with Crippen molar-refractivity contribution in [1.29, 1.82) is 0 Å². The Morgan fingerprint density at radius 1 is 1.27 bits per heavy atom. The molecule has 138 valence electrons. The Bertz CT molecular complexity index is 822. The highest BCUT2D eigenvalue weighted by Crippen LogP contribution is 2.32. The number of hydrogen-bond acceptors (Lipinski definition) is 4. The van der Waals surface area contributed by atoms with E-state index in [9.17, 15) is 14.4 Å². The number of hydrogen-bond donors (Lipinski definition) is 2. The molecule has 1 aromatic heterocycles. The molecule has 0 spiro atoms. The zero-order chi connectivity index (χ0) is 18.9. The molecule has 3 rings (SSSR count). The van der Waals surface area contributed by atoms with Gasteiger partial charge in [-0.3, -0.25) is 14.5 Å². The molecule has 0 radical (unpaired) electrons. The lowest BCUT2D eigenvalue weighted by Gasteiger charge is -2.20. The molecular formula is C19H23N3O4. The molecule has 2 heterocycles. The largest absolute Gasteiger partial charge is 0.458 e. The van der Waals surface area contributed by atoms with Gasteiger partial charge in [0.1, 0.15) is 17.9 Å². The van der Waals surface area contributed by atoms with Gasteiger partial charge in [-0.25, -0.2) is 4.79 Å². The van der Waals surface area contributed by atoms with E-state index < -0.39 is 17.5 Å². The molecule has 26 heavy (non-hydrogen) atoms. The van der Waals surface area contributed by atoms with Crippen molar-refractivity contribution in [3.8, 4) is 0 Å². The molecule has 7 heteroatoms. The number of furan rings is 1. The minimum absolute atomic E-state index is 0.0324. The molecule has 1 aromatic carbocycles. The molecule has 2 aromatic rings. The summed E-state index contributed by atoms with van der Waals surface area (Å²) >= 11 is 0. The minimum atomic E-state index is -1.33. The Hall–Kier alpha value is -2.83. The number of benzene rings is 1. The van der Waals surface area contributed by atoms with Gasteiger partial charge in [0.15, 0.2) is 5.54 Å². The van der Waals surface area contributed by atoms with E-state index in [0.29, 0.717) is 11.3 Å². The minimum Gasteiger partial charge on any atom is -0.458 e. The Balaban J connectivity index is 1.80. The van der Waals surface area contributed by atoms with Gasteiger partial charge in [0.25, 0.3) is 5.91 Å². The third-order valence-corrected chi connectivity index (χ3v) is 4.85. The molecule has 0 aliphatic carbocycles. The summed E-state index contributed by atoms with van der Waals surface area (Å²) in [6.07, 6.45) is 1.58. The maximum absolute atomic E-state index is 12.9. The van der Waals surface area contributed by atoms with Crippen LogP contribution in [0, 0.1) is 0 Å². The van der Waals surface area contributed by atoms with Gasteiger partial charge in [-0.2, -0.15) is 0 Å². The van der Waals surface area contributed by atoms with Crippen molar-refractivity contribution >= 4 is 28.8 Å². The van der Waals surface area contributed by atoms with E-state index in [1.54, 1.807) is 19.1 Å². The molecule has 0 saturated carbocycles. The topological polar surface area (TPSA) is 91.7 Å². The number of nitrogens with one attached hydrogen (secondary N) is 2. The van der Waals surface area contributed by atoms with Gasteiger partial charge in [0.05, 0.1) is 0 Å². The van der Waals surface area contributed by atoms with Gasteiger partial charge >= 0.3 is 6.03 Å². The monoisotopic (exact) mass is 357 g/mol. The smallest absolute Gasteiger partial charge is 0.325 e. The molecular weight excluding hydrogens is 334 g/mol. The second-order valence-corrected chi connectivity index (χ2v) is 6.68. The van der Waals surface area contributed by atoms with E-state index in [-0.39, 0.29) is 18.5 Å². The number of imide groups is 1. The molecule has 1 atom stereocenters. The average molecular weight is 357 g/mol. The number of fused-ring (bicyclic) bond motifs is 1. The van der Waals surface area contributed by atoms with E-state index in [1.807, 2.05) is 32.0 Å². The van der Waals surface area contributed by atoms with Gasteiger partial charge in [-0.15, -0.1) is 0 Å². The SMILES string of the molecule is CCC(CC)NC(=O)CN1C(=O)N[C@@](C)(c2cc3ccccc3o2)C1=O. The van der Waals surface area contributed by atoms with Crippen LogP contribution in [-0.4, -0.2) is 35.3 Å². The fourth-order valence-electron chi connectivity index (χ4n) is 3.15. The molecule has 1 fully saturated rings. The number of rotatable bonds is 6. The Morgan fingerprint density at radius 2 is 1.96 bits per heavy atom. The van der Waals surface area contributed by atoms with Crippen molar-refractivity contribution in [3.63, 3.8) is 0 Å². The summed E-state index contributed by atoms with van der Waals surface area (Å²) in [7, 11) is 0. The van der Waals surface area contributed by atoms with Gasteiger partial charge < -0.3 is 15.1 Å². The fourth-order valence-corrected chi connectivity index (χ4v) is 3.15. The van der Waals surface area contributed by atoms with Crippen molar-refractivity contribution in [2.45, 2.75) is 45.2 Å². The second kappa shape index (κ2) is 6.82. The predicted octanol–water partition coefficient (Wildman–Crippen LogP) is 2.50. The number of carbonyl (C=O) groups is 3. The Kier molecular flexibility index (Phi) is 4.71. The van der Waals surface area contributed by atoms with Crippen LogP contribution in [0.3, 0.4) is 0 Å². The Morgan fingerprint density at radius 3 is 2.62 bits per heavy atom. The highest BCUT2D eigenvalue weighted by Gasteiger charge is 2.51. The maximum Gasteiger partial charge on any atom is 0.325 e. The van der Waals surface area contributed by atoms with Crippen LogP contribution in [0.1, 0.15) is 39.4 Å². The summed E-state index contributed by atoms with van der Waals surface area (Å²) in [5, 5.41) is 6.34. The van der Waals surface area contributed by atoms with E-state index in [1.165, 1.54) is 0 Å². The van der Waals surface area contributed by atoms with Crippen LogP contribution < -0.4 is 10.6 Å². The van der Waals surface area contributed by atoms with Crippen molar-refractivity contribution < 1.29 is 18.8 Å². The number of para-hydroxylation sites is 1. The first-order valence-electron chi connectivity index (χ1n) is 8.81. The zero-order valence-corrected chi connectivity index (χ0v) is 15.2. The number of urea groups is 1. The normalized spacial score (nSPS) is 20.1. The van der Waals surface area contributed by atoms with E-state index in [2.05, 4.69) is 10.6 Å². The first-order valence-corrected chi connectivity index (χ1v) is 8.81. The fraction of sp³-hybridized carbons (Fsp3) is 0.421. The van der Waals surface area contributed by atoms with Crippen molar-refractivity contribution in [3.05, 3.63) is 36.1 Å². The average Bonchev–Trinajstić information content (AvgIpc) is 3.16. The first-order chi connectivity index (χ1) is 12.4. The second-order valence-electron chi connectivity index (χ2n) is 6.68. The quantitative estimate of drug-likeness (QED) is 0.777. The first kappa shape index (κ1) is 18.0. The van der Waals surface area contributed by atoms with Crippen molar-refractivity contribution in [1.82, 2.24) is 15.5 Å². The molecule has 7 nitrogen and oxygen atoms in total. The van der Waals surface area contributed by atoms with Gasteiger partial charge in [-0.1, -0.05) is 32.0 Å². The number of carbonyl (C=O) groups excluding carboxylic acids is 3. The molecule has 1 saturated heterocycles. The van der Waals surface area contributed by atoms with Crippen LogP contribution in [0.15, 0.2) is 34.7 Å². The van der Waals surface area contributed by atoms with E-state index in [4.69, 9.17) is 4.42 Å². The molecule has 1 aliphatic rings. The third kappa shape index (κ3) is 3.05. The summed E-state index contributed by atoms with van der Waals surface area (Å²) in [6, 6.07) is 8.54. The van der Waals surface area contributed by atoms with Crippen LogP contribution in [0.5, 0.6) is 0 Å². The summed E-state index contributed by atoms with van der Waals surface area (Å²) < 4.78 is 5.76. The number of nitrogens with zero attached hydrogens (tertiary/aromatic N) is 1. The number of amides is 4. The van der Waals surface area contributed by atoms with Crippen LogP contribution in [0.2, 0.25) is 0 Å². The molecule has 0 unspecified atom stereocenters. The summed E-state index contributed by atoms with van der Waals surface area (Å²) in [4.78, 5) is 38.3. The Labute approximate surface area is 151 Å². The van der Waals surface area contributed by atoms with Gasteiger partial charge in [-0.05, 0) is 31.9 Å². The predicted molar refractivity (Wildman–Crippen MR) is 96.3 cm³/mol. The van der Waals surface area contributed by atoms with E-state index in [0.717, 1.165) is 23.1 Å². The van der Waals surface area contributed by atoms with Crippen LogP contribution in [0.25, 0.3) is 11.0 Å². The summed E-state index contributed by atoms with van der Waals surface area (Å²) in [6.45, 7) is 5.22. The third-order valence-electron chi connectivity index (χ3n) is 4.85. The lowest BCUT2D eigenvalue weighted by Crippen LogP contribution is -2.45. The lowest BCUT2D eigenvalue weighted by molar-refractivity contribution is -0.135. The van der Waals surface area contributed by atoms with Crippen molar-refractivity contribution in [2.24, 2.45) is 0 Å². The van der Waals surface area contributed by atoms with Crippen molar-refractivity contribution in [2.75, 3.05) is 6.54 Å². The highest BCUT2D eigenvalue weighted by atomic mass is 16.3. The lowest BCUT2D eigenvalue weighted by atomic mass is 9.99. The van der Waals surface area contributed by atoms with Crippen LogP contribution in [-0.2, 0) is 15.1 Å². The van der Waals surface area contributed by atoms with Crippen LogP contribution in [0.4, 0.5) is 4.79 Å². The van der Waals surface area contributed by atoms with Gasteiger partial charge in [0.2, 0.25) is 5.91 Å². The standard InChI is InChI=1S/C19H23N3O4/c1-4-13(5-2)20-16(23)11-22-17(24)19(3,21-18(22)25)15-10-12-8-6-7-9-14(12)26-15/h6-10,13H,4-5,11H2,1-3H3,(H,20,23)(H,21,25)/t19-/m0/s1. The zero-order valence-electron chi connectivity index (χ0n) is 15.2. The summed E-state index contributed by atoms with van der Waals surface area (Å²) in [5.74, 6) is -0.503. The van der Waals surface area contributed by atoms with Crippen LogP contribution >= 0.6 is 0 Å². The van der Waals surface area contributed by atoms with Gasteiger partial charge in [0, 0.05) is 11.4 Å². The highest BCUT2D eigenvalue weighted by molar-refractivity contribution is 6.09. The molecule has 2 N–H and O–H groups in total. The molecule has 1 aliphatic heterocycles.